The van der Waals surface area contributed by atoms with Gasteiger partial charge in [0, 0.05) is 17.6 Å². The van der Waals surface area contributed by atoms with Gasteiger partial charge >= 0.3 is 0 Å². The average Bonchev–Trinajstić information content (AvgIpc) is 2.37. The van der Waals surface area contributed by atoms with Crippen LogP contribution in [0.2, 0.25) is 0 Å². The molecule has 1 aliphatic heterocycles. The van der Waals surface area contributed by atoms with Crippen LogP contribution in [0.25, 0.3) is 0 Å². The van der Waals surface area contributed by atoms with E-state index in [1.54, 1.807) is 0 Å². The van der Waals surface area contributed by atoms with Gasteiger partial charge in [-0.05, 0) is 30.5 Å². The maximum atomic E-state index is 11.5. The van der Waals surface area contributed by atoms with Crippen molar-refractivity contribution in [2.24, 2.45) is 0 Å². The number of rotatable bonds is 4. The van der Waals surface area contributed by atoms with Crippen molar-refractivity contribution in [1.82, 2.24) is 10.6 Å². The molecule has 1 aliphatic rings. The fraction of sp³-hybridized carbons (Fsp3) is 0.462. The SMILES string of the molecule is O=C1NCCC[C@@H]1NCC(O)c1cccc(Br)c1. The van der Waals surface area contributed by atoms with Crippen molar-refractivity contribution >= 4 is 21.8 Å². The molecule has 0 bridgehead atoms. The molecule has 2 rings (SSSR count). The minimum absolute atomic E-state index is 0.0303. The summed E-state index contributed by atoms with van der Waals surface area (Å²) in [5, 5.41) is 16.0. The lowest BCUT2D eigenvalue weighted by Gasteiger charge is -2.24. The van der Waals surface area contributed by atoms with Crippen LogP contribution in [0.5, 0.6) is 0 Å². The Labute approximate surface area is 115 Å². The number of halogens is 1. The first kappa shape index (κ1) is 13.5. The Balaban J connectivity index is 1.87. The fourth-order valence-corrected chi connectivity index (χ4v) is 2.47. The summed E-state index contributed by atoms with van der Waals surface area (Å²) in [5.74, 6) is 0.0303. The van der Waals surface area contributed by atoms with Gasteiger partial charge in [0.15, 0.2) is 0 Å². The quantitative estimate of drug-likeness (QED) is 0.786. The third-order valence-electron chi connectivity index (χ3n) is 3.08. The largest absolute Gasteiger partial charge is 0.387 e. The second-order valence-corrected chi connectivity index (χ2v) is 5.38. The Bertz CT molecular complexity index is 425. The summed E-state index contributed by atoms with van der Waals surface area (Å²) in [4.78, 5) is 11.5. The number of hydrogen-bond donors (Lipinski definition) is 3. The molecular weight excluding hydrogens is 296 g/mol. The highest BCUT2D eigenvalue weighted by Crippen LogP contribution is 2.18. The summed E-state index contributed by atoms with van der Waals surface area (Å²) in [5.41, 5.74) is 0.841. The van der Waals surface area contributed by atoms with E-state index in [0.717, 1.165) is 29.4 Å². The molecule has 1 unspecified atom stereocenters. The van der Waals surface area contributed by atoms with Crippen LogP contribution >= 0.6 is 15.9 Å². The van der Waals surface area contributed by atoms with Gasteiger partial charge in [-0.3, -0.25) is 4.79 Å². The number of carbonyl (C=O) groups excluding carboxylic acids is 1. The van der Waals surface area contributed by atoms with Crippen LogP contribution in [0.15, 0.2) is 28.7 Å². The first-order valence-electron chi connectivity index (χ1n) is 6.11. The molecule has 18 heavy (non-hydrogen) atoms. The fourth-order valence-electron chi connectivity index (χ4n) is 2.05. The second-order valence-electron chi connectivity index (χ2n) is 4.46. The van der Waals surface area contributed by atoms with E-state index >= 15 is 0 Å². The van der Waals surface area contributed by atoms with Crippen molar-refractivity contribution in [3.05, 3.63) is 34.3 Å². The summed E-state index contributed by atoms with van der Waals surface area (Å²) in [6.07, 6.45) is 1.21. The molecule has 1 aromatic rings. The van der Waals surface area contributed by atoms with Gasteiger partial charge in [0.25, 0.3) is 0 Å². The Kier molecular flexibility index (Phi) is 4.74. The molecule has 1 fully saturated rings. The van der Waals surface area contributed by atoms with E-state index in [4.69, 9.17) is 0 Å². The van der Waals surface area contributed by atoms with Crippen LogP contribution in [0.3, 0.4) is 0 Å². The van der Waals surface area contributed by atoms with E-state index in [2.05, 4.69) is 26.6 Å². The van der Waals surface area contributed by atoms with E-state index < -0.39 is 6.10 Å². The molecule has 0 aromatic heterocycles. The smallest absolute Gasteiger partial charge is 0.237 e. The molecule has 1 amide bonds. The zero-order valence-corrected chi connectivity index (χ0v) is 11.6. The van der Waals surface area contributed by atoms with Gasteiger partial charge in [-0.1, -0.05) is 28.1 Å². The molecule has 1 heterocycles. The van der Waals surface area contributed by atoms with Crippen LogP contribution in [-0.4, -0.2) is 30.1 Å². The molecule has 1 saturated heterocycles. The van der Waals surface area contributed by atoms with Crippen molar-refractivity contribution in [3.63, 3.8) is 0 Å². The van der Waals surface area contributed by atoms with E-state index in [1.165, 1.54) is 0 Å². The van der Waals surface area contributed by atoms with Gasteiger partial charge in [0.1, 0.15) is 0 Å². The number of piperidine rings is 1. The van der Waals surface area contributed by atoms with Crippen LogP contribution < -0.4 is 10.6 Å². The van der Waals surface area contributed by atoms with Crippen molar-refractivity contribution in [3.8, 4) is 0 Å². The zero-order chi connectivity index (χ0) is 13.0. The van der Waals surface area contributed by atoms with Gasteiger partial charge < -0.3 is 15.7 Å². The van der Waals surface area contributed by atoms with Crippen molar-refractivity contribution in [2.45, 2.75) is 25.0 Å². The van der Waals surface area contributed by atoms with E-state index in [0.29, 0.717) is 6.54 Å². The predicted octanol–water partition coefficient (Wildman–Crippen LogP) is 1.35. The van der Waals surface area contributed by atoms with Crippen LogP contribution in [0.4, 0.5) is 0 Å². The maximum Gasteiger partial charge on any atom is 0.237 e. The summed E-state index contributed by atoms with van der Waals surface area (Å²) in [6.45, 7) is 1.14. The number of carbonyl (C=O) groups is 1. The van der Waals surface area contributed by atoms with Crippen LogP contribution in [0, 0.1) is 0 Å². The molecule has 2 atom stereocenters. The highest BCUT2D eigenvalue weighted by Gasteiger charge is 2.22. The minimum atomic E-state index is -0.600. The summed E-state index contributed by atoms with van der Waals surface area (Å²) in [6, 6.07) is 7.38. The van der Waals surface area contributed by atoms with E-state index in [9.17, 15) is 9.90 Å². The maximum absolute atomic E-state index is 11.5. The predicted molar refractivity (Wildman–Crippen MR) is 73.1 cm³/mol. The topological polar surface area (TPSA) is 61.4 Å². The molecule has 0 spiro atoms. The van der Waals surface area contributed by atoms with Gasteiger partial charge in [0.05, 0.1) is 12.1 Å². The Hall–Kier alpha value is -0.910. The normalized spacial score (nSPS) is 21.4. The molecular formula is C13H17BrN2O2. The lowest BCUT2D eigenvalue weighted by atomic mass is 10.1. The lowest BCUT2D eigenvalue weighted by Crippen LogP contribution is -2.49. The Morgan fingerprint density at radius 2 is 2.39 bits per heavy atom. The molecule has 4 nitrogen and oxygen atoms in total. The number of aliphatic hydroxyl groups excluding tert-OH is 1. The zero-order valence-electron chi connectivity index (χ0n) is 10.0. The molecule has 5 heteroatoms. The number of aliphatic hydroxyl groups is 1. The first-order chi connectivity index (χ1) is 8.66. The van der Waals surface area contributed by atoms with Gasteiger partial charge in [-0.25, -0.2) is 0 Å². The first-order valence-corrected chi connectivity index (χ1v) is 6.91. The average molecular weight is 313 g/mol. The van der Waals surface area contributed by atoms with Crippen molar-refractivity contribution in [2.75, 3.05) is 13.1 Å². The highest BCUT2D eigenvalue weighted by molar-refractivity contribution is 9.10. The summed E-state index contributed by atoms with van der Waals surface area (Å²) >= 11 is 3.37. The monoisotopic (exact) mass is 312 g/mol. The minimum Gasteiger partial charge on any atom is -0.387 e. The molecule has 0 radical (unpaired) electrons. The van der Waals surface area contributed by atoms with Gasteiger partial charge in [-0.2, -0.15) is 0 Å². The third-order valence-corrected chi connectivity index (χ3v) is 3.57. The van der Waals surface area contributed by atoms with Crippen molar-refractivity contribution < 1.29 is 9.90 Å². The Morgan fingerprint density at radius 3 is 3.11 bits per heavy atom. The molecule has 1 aromatic carbocycles. The van der Waals surface area contributed by atoms with Gasteiger partial charge in [0.2, 0.25) is 5.91 Å². The van der Waals surface area contributed by atoms with Gasteiger partial charge in [-0.15, -0.1) is 0 Å². The second kappa shape index (κ2) is 6.31. The number of amides is 1. The summed E-state index contributed by atoms with van der Waals surface area (Å²) < 4.78 is 0.939. The van der Waals surface area contributed by atoms with E-state index in [1.807, 2.05) is 24.3 Å². The molecule has 98 valence electrons. The number of nitrogens with one attached hydrogen (secondary N) is 2. The molecule has 3 N–H and O–H groups in total. The lowest BCUT2D eigenvalue weighted by molar-refractivity contribution is -0.124. The van der Waals surface area contributed by atoms with Crippen LogP contribution in [0.1, 0.15) is 24.5 Å². The standard InChI is InChI=1S/C13H17BrN2O2/c14-10-4-1-3-9(7-10)12(17)8-16-11-5-2-6-15-13(11)18/h1,3-4,7,11-12,16-17H,2,5-6,8H2,(H,15,18)/t11-,12?/m0/s1. The third kappa shape index (κ3) is 3.54. The van der Waals surface area contributed by atoms with Crippen molar-refractivity contribution in [1.29, 1.82) is 0 Å². The summed E-state index contributed by atoms with van der Waals surface area (Å²) in [7, 11) is 0. The van der Waals surface area contributed by atoms with Crippen LogP contribution in [-0.2, 0) is 4.79 Å². The highest BCUT2D eigenvalue weighted by atomic mass is 79.9. The number of benzene rings is 1. The molecule has 0 aliphatic carbocycles. The Morgan fingerprint density at radius 1 is 1.56 bits per heavy atom. The molecule has 0 saturated carbocycles. The van der Waals surface area contributed by atoms with E-state index in [-0.39, 0.29) is 11.9 Å². The number of hydrogen-bond acceptors (Lipinski definition) is 3.